The molecule has 1 fully saturated rings. The number of hydrogen-bond donors (Lipinski definition) is 1. The summed E-state index contributed by atoms with van der Waals surface area (Å²) in [6.07, 6.45) is 5.83. The van der Waals surface area contributed by atoms with Gasteiger partial charge in [-0.15, -0.1) is 0 Å². The van der Waals surface area contributed by atoms with E-state index in [0.29, 0.717) is 12.8 Å². The summed E-state index contributed by atoms with van der Waals surface area (Å²) >= 11 is 0. The summed E-state index contributed by atoms with van der Waals surface area (Å²) in [6, 6.07) is -1.48. The van der Waals surface area contributed by atoms with Gasteiger partial charge in [-0.1, -0.05) is 12.2 Å². The standard InChI is InChI=1S/C17H26N2O5/c1-17(2,3)24-16(22)18-12-9-5-7-11-8-6-10-13(15(21)23-4)19(11)14(12)20/h5,9,11-13H,6-8,10H2,1-4H3,(H,18,22)/t11-,12-,13-/m0/s1. The summed E-state index contributed by atoms with van der Waals surface area (Å²) < 4.78 is 10.1. The van der Waals surface area contributed by atoms with Crippen molar-refractivity contribution in [3.05, 3.63) is 12.2 Å². The number of amides is 2. The van der Waals surface area contributed by atoms with E-state index in [1.165, 1.54) is 7.11 Å². The fourth-order valence-electron chi connectivity index (χ4n) is 3.17. The third kappa shape index (κ3) is 4.27. The minimum Gasteiger partial charge on any atom is -0.467 e. The minimum atomic E-state index is -0.838. The van der Waals surface area contributed by atoms with Crippen molar-refractivity contribution in [2.24, 2.45) is 0 Å². The maximum Gasteiger partial charge on any atom is 0.408 e. The zero-order chi connectivity index (χ0) is 17.9. The number of methoxy groups -OCH3 is 1. The lowest BCUT2D eigenvalue weighted by Crippen LogP contribution is -2.58. The van der Waals surface area contributed by atoms with Crippen molar-refractivity contribution in [3.8, 4) is 0 Å². The molecule has 0 saturated carbocycles. The third-order valence-corrected chi connectivity index (χ3v) is 4.15. The Labute approximate surface area is 142 Å². The minimum absolute atomic E-state index is 0.0444. The van der Waals surface area contributed by atoms with Gasteiger partial charge in [-0.2, -0.15) is 0 Å². The molecule has 0 spiro atoms. The number of esters is 1. The molecule has 1 N–H and O–H groups in total. The average Bonchev–Trinajstić information content (AvgIpc) is 2.64. The van der Waals surface area contributed by atoms with Gasteiger partial charge < -0.3 is 19.7 Å². The van der Waals surface area contributed by atoms with Crippen LogP contribution in [0.15, 0.2) is 12.2 Å². The first-order valence-electron chi connectivity index (χ1n) is 8.29. The van der Waals surface area contributed by atoms with Crippen LogP contribution >= 0.6 is 0 Å². The zero-order valence-electron chi connectivity index (χ0n) is 14.7. The van der Waals surface area contributed by atoms with Crippen molar-refractivity contribution in [1.82, 2.24) is 10.2 Å². The van der Waals surface area contributed by atoms with Gasteiger partial charge in [0.25, 0.3) is 0 Å². The van der Waals surface area contributed by atoms with E-state index in [0.717, 1.165) is 12.8 Å². The van der Waals surface area contributed by atoms with Gasteiger partial charge in [0.15, 0.2) is 0 Å². The van der Waals surface area contributed by atoms with Gasteiger partial charge >= 0.3 is 12.1 Å². The number of rotatable bonds is 2. The van der Waals surface area contributed by atoms with Gasteiger partial charge in [0.1, 0.15) is 17.7 Å². The summed E-state index contributed by atoms with van der Waals surface area (Å²) in [4.78, 5) is 38.5. The van der Waals surface area contributed by atoms with Crippen molar-refractivity contribution >= 4 is 18.0 Å². The summed E-state index contributed by atoms with van der Waals surface area (Å²) in [5.41, 5.74) is -0.649. The van der Waals surface area contributed by atoms with Gasteiger partial charge in [0, 0.05) is 6.04 Å². The molecule has 0 unspecified atom stereocenters. The highest BCUT2D eigenvalue weighted by atomic mass is 16.6. The van der Waals surface area contributed by atoms with Gasteiger partial charge in [-0.3, -0.25) is 4.79 Å². The van der Waals surface area contributed by atoms with E-state index < -0.39 is 29.7 Å². The van der Waals surface area contributed by atoms with E-state index in [1.807, 2.05) is 6.08 Å². The molecule has 7 nitrogen and oxygen atoms in total. The topological polar surface area (TPSA) is 84.9 Å². The van der Waals surface area contributed by atoms with E-state index >= 15 is 0 Å². The summed E-state index contributed by atoms with van der Waals surface area (Å²) in [6.45, 7) is 5.27. The molecule has 24 heavy (non-hydrogen) atoms. The lowest BCUT2D eigenvalue weighted by Gasteiger charge is -2.40. The van der Waals surface area contributed by atoms with Crippen LogP contribution in [0.1, 0.15) is 46.5 Å². The Hall–Kier alpha value is -2.05. The Morgan fingerprint density at radius 3 is 2.62 bits per heavy atom. The van der Waals surface area contributed by atoms with Crippen LogP contribution in [0, 0.1) is 0 Å². The number of piperidine rings is 1. The van der Waals surface area contributed by atoms with Crippen LogP contribution in [0.5, 0.6) is 0 Å². The Balaban J connectivity index is 2.15. The van der Waals surface area contributed by atoms with E-state index in [9.17, 15) is 14.4 Å². The highest BCUT2D eigenvalue weighted by Crippen LogP contribution is 2.29. The fourth-order valence-corrected chi connectivity index (χ4v) is 3.17. The summed E-state index contributed by atoms with van der Waals surface area (Å²) in [7, 11) is 1.32. The van der Waals surface area contributed by atoms with Crippen molar-refractivity contribution in [1.29, 1.82) is 0 Å². The first kappa shape index (κ1) is 18.3. The van der Waals surface area contributed by atoms with E-state index in [1.54, 1.807) is 31.7 Å². The number of carbonyl (C=O) groups excluding carboxylic acids is 3. The molecule has 1 saturated heterocycles. The number of nitrogens with one attached hydrogen (secondary N) is 1. The lowest BCUT2D eigenvalue weighted by atomic mass is 9.93. The SMILES string of the molecule is COC(=O)[C@@H]1CCC[C@@H]2CC=C[C@H](NC(=O)OC(C)(C)C)C(=O)N21. The van der Waals surface area contributed by atoms with Gasteiger partial charge in [-0.25, -0.2) is 9.59 Å². The number of fused-ring (bicyclic) bond motifs is 1. The molecule has 2 aliphatic rings. The van der Waals surface area contributed by atoms with Crippen LogP contribution in [0.2, 0.25) is 0 Å². The maximum atomic E-state index is 12.9. The van der Waals surface area contributed by atoms with Crippen LogP contribution in [0.25, 0.3) is 0 Å². The maximum absolute atomic E-state index is 12.9. The Morgan fingerprint density at radius 1 is 1.29 bits per heavy atom. The Kier molecular flexibility index (Phi) is 5.51. The highest BCUT2D eigenvalue weighted by Gasteiger charge is 2.42. The first-order valence-corrected chi connectivity index (χ1v) is 8.29. The van der Waals surface area contributed by atoms with Crippen LogP contribution in [0.4, 0.5) is 4.79 Å². The van der Waals surface area contributed by atoms with Crippen molar-refractivity contribution < 1.29 is 23.9 Å². The molecular weight excluding hydrogens is 312 g/mol. The van der Waals surface area contributed by atoms with E-state index in [2.05, 4.69) is 5.32 Å². The molecule has 134 valence electrons. The molecule has 0 aromatic rings. The number of alkyl carbamates (subject to hydrolysis) is 1. The van der Waals surface area contributed by atoms with Gasteiger partial charge in [0.05, 0.1) is 7.11 Å². The molecule has 0 aromatic heterocycles. The van der Waals surface area contributed by atoms with Crippen molar-refractivity contribution in [3.63, 3.8) is 0 Å². The molecule has 0 aromatic carbocycles. The molecule has 3 atom stereocenters. The molecule has 7 heteroatoms. The first-order chi connectivity index (χ1) is 11.2. The van der Waals surface area contributed by atoms with Crippen molar-refractivity contribution in [2.45, 2.75) is 70.2 Å². The van der Waals surface area contributed by atoms with E-state index in [-0.39, 0.29) is 11.9 Å². The molecule has 0 aliphatic carbocycles. The van der Waals surface area contributed by atoms with Crippen LogP contribution in [-0.4, -0.2) is 53.7 Å². The van der Waals surface area contributed by atoms with Crippen LogP contribution in [-0.2, 0) is 19.1 Å². The predicted octanol–water partition coefficient (Wildman–Crippen LogP) is 1.76. The normalized spacial score (nSPS) is 27.1. The smallest absolute Gasteiger partial charge is 0.408 e. The zero-order valence-corrected chi connectivity index (χ0v) is 14.7. The van der Waals surface area contributed by atoms with Crippen molar-refractivity contribution in [2.75, 3.05) is 7.11 Å². The Bertz CT molecular complexity index is 538. The second kappa shape index (κ2) is 7.23. The van der Waals surface area contributed by atoms with Gasteiger partial charge in [-0.05, 0) is 46.5 Å². The predicted molar refractivity (Wildman–Crippen MR) is 87.2 cm³/mol. The third-order valence-electron chi connectivity index (χ3n) is 4.15. The Morgan fingerprint density at radius 2 is 2.00 bits per heavy atom. The fraction of sp³-hybridized carbons (Fsp3) is 0.706. The molecule has 2 amide bonds. The molecule has 0 radical (unpaired) electrons. The van der Waals surface area contributed by atoms with Crippen LogP contribution in [0.3, 0.4) is 0 Å². The summed E-state index contributed by atoms with van der Waals surface area (Å²) in [5, 5.41) is 2.58. The lowest BCUT2D eigenvalue weighted by molar-refractivity contribution is -0.157. The number of nitrogens with zero attached hydrogens (tertiary/aromatic N) is 1. The van der Waals surface area contributed by atoms with Gasteiger partial charge in [0.2, 0.25) is 5.91 Å². The summed E-state index contributed by atoms with van der Waals surface area (Å²) in [5.74, 6) is -0.708. The number of hydrogen-bond acceptors (Lipinski definition) is 5. The molecule has 2 rings (SSSR count). The van der Waals surface area contributed by atoms with Crippen LogP contribution < -0.4 is 5.32 Å². The molecule has 2 aliphatic heterocycles. The van der Waals surface area contributed by atoms with E-state index in [4.69, 9.17) is 9.47 Å². The largest absolute Gasteiger partial charge is 0.467 e. The monoisotopic (exact) mass is 338 g/mol. The quantitative estimate of drug-likeness (QED) is 0.612. The number of carbonyl (C=O) groups is 3. The second-order valence-electron chi connectivity index (χ2n) is 7.16. The average molecular weight is 338 g/mol. The molecule has 0 bridgehead atoms. The number of ether oxygens (including phenoxy) is 2. The molecular formula is C17H26N2O5. The molecule has 2 heterocycles. The second-order valence-corrected chi connectivity index (χ2v) is 7.16. The highest BCUT2D eigenvalue weighted by molar-refractivity contribution is 5.91.